The van der Waals surface area contributed by atoms with E-state index in [1.165, 1.54) is 12.1 Å². The molecule has 0 aromatic heterocycles. The summed E-state index contributed by atoms with van der Waals surface area (Å²) in [5, 5.41) is 13.6. The van der Waals surface area contributed by atoms with Crippen LogP contribution >= 0.6 is 7.52 Å². The van der Waals surface area contributed by atoms with Crippen molar-refractivity contribution in [2.45, 2.75) is 12.6 Å². The van der Waals surface area contributed by atoms with Gasteiger partial charge in [0.25, 0.3) is 7.52 Å². The number of carboxylic acids is 1. The Morgan fingerprint density at radius 3 is 2.19 bits per heavy atom. The number of hydrogen-bond acceptors (Lipinski definition) is 4. The number of alkyl carbamates (subject to hydrolysis) is 1. The topological polar surface area (TPSA) is 125 Å². The molecule has 0 fully saturated rings. The van der Waals surface area contributed by atoms with E-state index in [0.29, 0.717) is 5.56 Å². The molecule has 9 heteroatoms. The Morgan fingerprint density at radius 1 is 1.04 bits per heavy atom. The Bertz CT molecular complexity index is 784. The van der Waals surface area contributed by atoms with Gasteiger partial charge in [-0.25, -0.2) is 9.88 Å². The fourth-order valence-corrected chi connectivity index (χ4v) is 3.21. The van der Waals surface area contributed by atoms with Crippen LogP contribution in [0.15, 0.2) is 60.7 Å². The predicted molar refractivity (Wildman–Crippen MR) is 94.4 cm³/mol. The SMILES string of the molecule is O=C(NCP(=O)(O)N[C@@H](C(=O)O)c1ccccc1)OCc1ccccc1. The molecule has 0 aliphatic heterocycles. The molecule has 2 atom stereocenters. The van der Waals surface area contributed by atoms with Crippen molar-refractivity contribution in [1.29, 1.82) is 0 Å². The fourth-order valence-electron chi connectivity index (χ4n) is 2.11. The molecule has 4 N–H and O–H groups in total. The van der Waals surface area contributed by atoms with Crippen LogP contribution in [0.5, 0.6) is 0 Å². The molecular weight excluding hydrogens is 359 g/mol. The van der Waals surface area contributed by atoms with E-state index in [2.05, 4.69) is 10.4 Å². The molecule has 2 aromatic carbocycles. The Kier molecular flexibility index (Phi) is 6.91. The zero-order chi connectivity index (χ0) is 19.0. The summed E-state index contributed by atoms with van der Waals surface area (Å²) < 4.78 is 17.1. The van der Waals surface area contributed by atoms with Gasteiger partial charge in [-0.3, -0.25) is 9.36 Å². The zero-order valence-corrected chi connectivity index (χ0v) is 14.6. The summed E-state index contributed by atoms with van der Waals surface area (Å²) in [6.07, 6.45) is -1.55. The van der Waals surface area contributed by atoms with Gasteiger partial charge in [0.1, 0.15) is 18.9 Å². The highest BCUT2D eigenvalue weighted by Crippen LogP contribution is 2.37. The minimum absolute atomic E-state index is 0.0115. The molecule has 0 aliphatic rings. The molecule has 0 saturated carbocycles. The molecule has 0 radical (unpaired) electrons. The Hall–Kier alpha value is -2.67. The van der Waals surface area contributed by atoms with Crippen molar-refractivity contribution in [1.82, 2.24) is 10.4 Å². The summed E-state index contributed by atoms with van der Waals surface area (Å²) in [6.45, 7) is 0.0115. The maximum Gasteiger partial charge on any atom is 0.407 e. The fraction of sp³-hybridized carbons (Fsp3) is 0.176. The van der Waals surface area contributed by atoms with Crippen LogP contribution in [0, 0.1) is 0 Å². The van der Waals surface area contributed by atoms with Crippen LogP contribution in [0.1, 0.15) is 17.2 Å². The average Bonchev–Trinajstić information content (AvgIpc) is 2.64. The molecule has 1 unspecified atom stereocenters. The maximum atomic E-state index is 12.2. The van der Waals surface area contributed by atoms with Gasteiger partial charge in [0.05, 0.1) is 0 Å². The van der Waals surface area contributed by atoms with E-state index >= 15 is 0 Å². The lowest BCUT2D eigenvalue weighted by Crippen LogP contribution is -2.32. The van der Waals surface area contributed by atoms with Gasteiger partial charge < -0.3 is 20.1 Å². The quantitative estimate of drug-likeness (QED) is 0.520. The van der Waals surface area contributed by atoms with E-state index in [0.717, 1.165) is 5.56 Å². The van der Waals surface area contributed by atoms with Crippen LogP contribution in [-0.2, 0) is 20.7 Å². The number of carbonyl (C=O) groups excluding carboxylic acids is 1. The number of benzene rings is 2. The molecule has 26 heavy (non-hydrogen) atoms. The molecule has 2 aromatic rings. The number of aliphatic carboxylic acids is 1. The van der Waals surface area contributed by atoms with Crippen LogP contribution < -0.4 is 10.4 Å². The molecule has 0 heterocycles. The number of amides is 1. The van der Waals surface area contributed by atoms with Crippen molar-refractivity contribution in [3.63, 3.8) is 0 Å². The summed E-state index contributed by atoms with van der Waals surface area (Å²) in [5.41, 5.74) is 1.09. The van der Waals surface area contributed by atoms with Gasteiger partial charge in [0.2, 0.25) is 0 Å². The lowest BCUT2D eigenvalue weighted by atomic mass is 10.1. The lowest BCUT2D eigenvalue weighted by Gasteiger charge is -2.19. The van der Waals surface area contributed by atoms with Gasteiger partial charge in [-0.15, -0.1) is 0 Å². The molecule has 2 rings (SSSR count). The van der Waals surface area contributed by atoms with Crippen LogP contribution in [-0.4, -0.2) is 28.3 Å². The normalized spacial score (nSPS) is 14.0. The molecule has 8 nitrogen and oxygen atoms in total. The number of carboxylic acid groups (broad SMARTS) is 1. The second kappa shape index (κ2) is 9.15. The first kappa shape index (κ1) is 19.7. The van der Waals surface area contributed by atoms with Gasteiger partial charge >= 0.3 is 12.1 Å². The van der Waals surface area contributed by atoms with Crippen molar-refractivity contribution in [3.8, 4) is 0 Å². The second-order valence-corrected chi connectivity index (χ2v) is 7.39. The van der Waals surface area contributed by atoms with Crippen molar-refractivity contribution >= 4 is 19.6 Å². The van der Waals surface area contributed by atoms with Crippen LogP contribution in [0.3, 0.4) is 0 Å². The molecule has 0 saturated heterocycles. The van der Waals surface area contributed by atoms with E-state index in [-0.39, 0.29) is 6.61 Å². The van der Waals surface area contributed by atoms with E-state index in [9.17, 15) is 24.2 Å². The van der Waals surface area contributed by atoms with E-state index in [1.807, 2.05) is 6.07 Å². The summed E-state index contributed by atoms with van der Waals surface area (Å²) in [6, 6.07) is 15.5. The summed E-state index contributed by atoms with van der Waals surface area (Å²) in [7, 11) is -4.16. The Balaban J connectivity index is 1.87. The minimum atomic E-state index is -4.16. The molecule has 138 valence electrons. The smallest absolute Gasteiger partial charge is 0.407 e. The third kappa shape index (κ3) is 6.33. The minimum Gasteiger partial charge on any atom is -0.480 e. The van der Waals surface area contributed by atoms with Gasteiger partial charge in [0.15, 0.2) is 0 Å². The van der Waals surface area contributed by atoms with E-state index < -0.39 is 31.9 Å². The first-order valence-electron chi connectivity index (χ1n) is 7.69. The van der Waals surface area contributed by atoms with Crippen LogP contribution in [0.25, 0.3) is 0 Å². The van der Waals surface area contributed by atoms with E-state index in [1.54, 1.807) is 42.5 Å². The number of nitrogens with one attached hydrogen (secondary N) is 2. The lowest BCUT2D eigenvalue weighted by molar-refractivity contribution is -0.139. The zero-order valence-electron chi connectivity index (χ0n) is 13.7. The van der Waals surface area contributed by atoms with Gasteiger partial charge in [0, 0.05) is 0 Å². The Morgan fingerprint density at radius 2 is 1.62 bits per heavy atom. The molecule has 1 amide bonds. The number of ether oxygens (including phenoxy) is 1. The molecule has 0 aliphatic carbocycles. The third-order valence-corrected chi connectivity index (χ3v) is 4.61. The van der Waals surface area contributed by atoms with Crippen LogP contribution in [0.2, 0.25) is 0 Å². The maximum absolute atomic E-state index is 12.2. The van der Waals surface area contributed by atoms with Gasteiger partial charge in [-0.1, -0.05) is 60.7 Å². The monoisotopic (exact) mass is 378 g/mol. The van der Waals surface area contributed by atoms with Crippen molar-refractivity contribution in [2.24, 2.45) is 0 Å². The summed E-state index contributed by atoms with van der Waals surface area (Å²) in [4.78, 5) is 33.0. The third-order valence-electron chi connectivity index (χ3n) is 3.36. The standard InChI is InChI=1S/C17H19N2O6P/c20-16(21)15(14-9-5-2-6-10-14)19-26(23,24)12-18-17(22)25-11-13-7-3-1-4-8-13/h1-10,15H,11-12H2,(H,18,22)(H,20,21)(H2,19,23,24)/t15-/m1/s1. The first-order valence-corrected chi connectivity index (χ1v) is 9.54. The highest BCUT2D eigenvalue weighted by Gasteiger charge is 2.29. The van der Waals surface area contributed by atoms with Crippen molar-refractivity contribution in [2.75, 3.05) is 6.29 Å². The number of hydrogen-bond donors (Lipinski definition) is 4. The molecular formula is C17H19N2O6P. The largest absolute Gasteiger partial charge is 0.480 e. The van der Waals surface area contributed by atoms with Crippen molar-refractivity contribution < 1.29 is 28.9 Å². The first-order chi connectivity index (χ1) is 12.4. The van der Waals surface area contributed by atoms with Crippen molar-refractivity contribution in [3.05, 3.63) is 71.8 Å². The van der Waals surface area contributed by atoms with E-state index in [4.69, 9.17) is 4.74 Å². The summed E-state index contributed by atoms with van der Waals surface area (Å²) in [5.74, 6) is -1.31. The van der Waals surface area contributed by atoms with Crippen LogP contribution in [0.4, 0.5) is 4.79 Å². The Labute approximate surface area is 150 Å². The predicted octanol–water partition coefficient (Wildman–Crippen LogP) is 2.47. The number of rotatable bonds is 8. The molecule has 0 bridgehead atoms. The average molecular weight is 378 g/mol. The summed E-state index contributed by atoms with van der Waals surface area (Å²) >= 11 is 0. The second-order valence-electron chi connectivity index (χ2n) is 5.41. The highest BCUT2D eigenvalue weighted by atomic mass is 31.2. The molecule has 0 spiro atoms. The highest BCUT2D eigenvalue weighted by molar-refractivity contribution is 7.55. The van der Waals surface area contributed by atoms with Gasteiger partial charge in [-0.2, -0.15) is 0 Å². The number of carbonyl (C=O) groups is 2. The van der Waals surface area contributed by atoms with Gasteiger partial charge in [-0.05, 0) is 11.1 Å².